The fraction of sp³-hybridized carbons (Fsp3) is 0.714. The van der Waals surface area contributed by atoms with E-state index in [1.54, 1.807) is 6.33 Å². The molecule has 5 nitrogen and oxygen atoms in total. The zero-order valence-electron chi connectivity index (χ0n) is 12.7. The fourth-order valence-corrected chi connectivity index (χ4v) is 1.56. The number of nitrogens with zero attached hydrogens (tertiary/aromatic N) is 2. The number of carbonyl (C=O) groups is 1. The topological polar surface area (TPSA) is 59.0 Å². The zero-order chi connectivity index (χ0) is 14.5. The molecule has 0 aliphatic carbocycles. The van der Waals surface area contributed by atoms with Gasteiger partial charge in [0.2, 0.25) is 5.91 Å². The molecular formula is C14H26N4O. The van der Waals surface area contributed by atoms with Crippen molar-refractivity contribution in [2.45, 2.75) is 65.7 Å². The molecule has 1 heterocycles. The highest BCUT2D eigenvalue weighted by Crippen LogP contribution is 2.06. The Kier molecular flexibility index (Phi) is 5.54. The van der Waals surface area contributed by atoms with Crippen LogP contribution in [0.1, 0.15) is 46.7 Å². The number of nitrogens with one attached hydrogen (secondary N) is 2. The van der Waals surface area contributed by atoms with Gasteiger partial charge in [0.05, 0.1) is 12.0 Å². The van der Waals surface area contributed by atoms with Crippen LogP contribution in [0.4, 0.5) is 0 Å². The fourth-order valence-electron chi connectivity index (χ4n) is 1.56. The summed E-state index contributed by atoms with van der Waals surface area (Å²) in [5.41, 5.74) is 0.802. The van der Waals surface area contributed by atoms with Crippen LogP contribution in [0.15, 0.2) is 12.5 Å². The Morgan fingerprint density at radius 3 is 2.74 bits per heavy atom. The molecule has 2 N–H and O–H groups in total. The van der Waals surface area contributed by atoms with Crippen molar-refractivity contribution in [2.24, 2.45) is 0 Å². The minimum atomic E-state index is -0.153. The van der Waals surface area contributed by atoms with Crippen molar-refractivity contribution in [1.29, 1.82) is 0 Å². The lowest BCUT2D eigenvalue weighted by Gasteiger charge is -2.24. The van der Waals surface area contributed by atoms with Crippen molar-refractivity contribution in [2.75, 3.05) is 0 Å². The predicted molar refractivity (Wildman–Crippen MR) is 76.7 cm³/mol. The summed E-state index contributed by atoms with van der Waals surface area (Å²) in [5, 5.41) is 6.31. The maximum Gasteiger partial charge on any atom is 0.240 e. The number of imidazole rings is 1. The lowest BCUT2D eigenvalue weighted by atomic mass is 10.0. The molecule has 0 fully saturated rings. The van der Waals surface area contributed by atoms with Crippen LogP contribution in [0.5, 0.6) is 0 Å². The van der Waals surface area contributed by atoms with Crippen LogP contribution in [0.3, 0.4) is 0 Å². The summed E-state index contributed by atoms with van der Waals surface area (Å²) in [4.78, 5) is 16.2. The molecule has 0 spiro atoms. The molecule has 0 radical (unpaired) electrons. The monoisotopic (exact) mass is 266 g/mol. The largest absolute Gasteiger partial charge is 0.350 e. The Morgan fingerprint density at radius 1 is 1.47 bits per heavy atom. The number of aromatic nitrogens is 2. The van der Waals surface area contributed by atoms with Gasteiger partial charge in [0.25, 0.3) is 0 Å². The average molecular weight is 266 g/mol. The average Bonchev–Trinajstić information content (AvgIpc) is 2.73. The van der Waals surface area contributed by atoms with Gasteiger partial charge in [-0.15, -0.1) is 0 Å². The van der Waals surface area contributed by atoms with E-state index in [1.165, 1.54) is 0 Å². The molecule has 1 rings (SSSR count). The molecule has 1 aromatic heterocycles. The summed E-state index contributed by atoms with van der Waals surface area (Å²) < 4.78 is 1.82. The highest BCUT2D eigenvalue weighted by atomic mass is 16.2. The van der Waals surface area contributed by atoms with Crippen molar-refractivity contribution in [3.05, 3.63) is 18.2 Å². The number of carbonyl (C=O) groups excluding carboxylic acids is 1. The normalized spacial score (nSPS) is 11.9. The van der Waals surface area contributed by atoms with Crippen LogP contribution >= 0.6 is 0 Å². The summed E-state index contributed by atoms with van der Waals surface area (Å²) in [6, 6.07) is 0.429. The first-order valence-corrected chi connectivity index (χ1v) is 6.87. The molecule has 19 heavy (non-hydrogen) atoms. The highest BCUT2D eigenvalue weighted by Gasteiger charge is 2.17. The van der Waals surface area contributed by atoms with Crippen molar-refractivity contribution < 1.29 is 4.79 Å². The molecule has 0 aliphatic rings. The second-order valence-electron chi connectivity index (χ2n) is 5.86. The van der Waals surface area contributed by atoms with Gasteiger partial charge in [0.15, 0.2) is 0 Å². The van der Waals surface area contributed by atoms with Gasteiger partial charge in [-0.25, -0.2) is 4.98 Å². The maximum atomic E-state index is 11.9. The molecule has 0 saturated carbocycles. The van der Waals surface area contributed by atoms with Gasteiger partial charge in [-0.05, 0) is 20.3 Å². The van der Waals surface area contributed by atoms with Gasteiger partial charge in [-0.1, -0.05) is 20.8 Å². The van der Waals surface area contributed by atoms with E-state index in [-0.39, 0.29) is 11.4 Å². The highest BCUT2D eigenvalue weighted by molar-refractivity contribution is 5.76. The molecule has 0 atom stereocenters. The third-order valence-corrected chi connectivity index (χ3v) is 3.07. The lowest BCUT2D eigenvalue weighted by molar-refractivity contribution is -0.123. The first kappa shape index (κ1) is 15.7. The molecule has 108 valence electrons. The Morgan fingerprint density at radius 2 is 2.16 bits per heavy atom. The van der Waals surface area contributed by atoms with Crippen LogP contribution in [0, 0.1) is 0 Å². The van der Waals surface area contributed by atoms with Gasteiger partial charge in [-0.3, -0.25) is 4.79 Å². The summed E-state index contributed by atoms with van der Waals surface area (Å²) in [5.74, 6) is 0.0209. The third kappa shape index (κ3) is 5.87. The van der Waals surface area contributed by atoms with E-state index in [9.17, 15) is 4.79 Å². The van der Waals surface area contributed by atoms with E-state index < -0.39 is 0 Å². The molecule has 1 aromatic rings. The van der Waals surface area contributed by atoms with E-state index in [1.807, 2.05) is 24.6 Å². The van der Waals surface area contributed by atoms with Crippen molar-refractivity contribution in [3.63, 3.8) is 0 Å². The molecule has 0 unspecified atom stereocenters. The first-order chi connectivity index (χ1) is 8.82. The molecule has 0 aromatic carbocycles. The lowest BCUT2D eigenvalue weighted by Crippen LogP contribution is -2.44. The third-order valence-electron chi connectivity index (χ3n) is 3.07. The molecule has 0 saturated heterocycles. The molecule has 0 bridgehead atoms. The minimum Gasteiger partial charge on any atom is -0.350 e. The van der Waals surface area contributed by atoms with Gasteiger partial charge in [-0.2, -0.15) is 0 Å². The van der Waals surface area contributed by atoms with Crippen LogP contribution in [0.25, 0.3) is 0 Å². The Labute approximate surface area is 115 Å². The summed E-state index contributed by atoms with van der Waals surface area (Å²) in [6.45, 7) is 11.3. The Bertz CT molecular complexity index is 409. The molecular weight excluding hydrogens is 240 g/mol. The van der Waals surface area contributed by atoms with E-state index in [0.29, 0.717) is 12.6 Å². The number of amides is 1. The van der Waals surface area contributed by atoms with Crippen LogP contribution < -0.4 is 10.6 Å². The van der Waals surface area contributed by atoms with Crippen molar-refractivity contribution in [3.8, 4) is 0 Å². The van der Waals surface area contributed by atoms with E-state index in [2.05, 4.69) is 36.4 Å². The summed E-state index contributed by atoms with van der Waals surface area (Å²) in [7, 11) is 0. The molecule has 5 heteroatoms. The Hall–Kier alpha value is -1.36. The van der Waals surface area contributed by atoms with Gasteiger partial charge < -0.3 is 15.2 Å². The Balaban J connectivity index is 2.47. The van der Waals surface area contributed by atoms with Crippen molar-refractivity contribution >= 4 is 5.91 Å². The summed E-state index contributed by atoms with van der Waals surface area (Å²) >= 11 is 0. The standard InChI is InChI=1S/C14H26N4O/c1-6-14(4,5)17-13(19)9-18-8-12(16-10-18)7-15-11(2)3/h8,10-11,15H,6-7,9H2,1-5H3,(H,17,19). The predicted octanol–water partition coefficient (Wildman–Crippen LogP) is 1.69. The SMILES string of the molecule is CCC(C)(C)NC(=O)Cn1cnc(CNC(C)C)c1. The second kappa shape index (κ2) is 6.70. The molecule has 1 amide bonds. The van der Waals surface area contributed by atoms with Gasteiger partial charge in [0.1, 0.15) is 6.54 Å². The van der Waals surface area contributed by atoms with E-state index in [4.69, 9.17) is 0 Å². The molecule has 0 aliphatic heterocycles. The van der Waals surface area contributed by atoms with E-state index >= 15 is 0 Å². The zero-order valence-corrected chi connectivity index (χ0v) is 12.7. The van der Waals surface area contributed by atoms with Crippen molar-refractivity contribution in [1.82, 2.24) is 20.2 Å². The van der Waals surface area contributed by atoms with Gasteiger partial charge >= 0.3 is 0 Å². The van der Waals surface area contributed by atoms with Crippen LogP contribution in [0.2, 0.25) is 0 Å². The quantitative estimate of drug-likeness (QED) is 0.789. The first-order valence-electron chi connectivity index (χ1n) is 6.87. The summed E-state index contributed by atoms with van der Waals surface area (Å²) in [6.07, 6.45) is 4.52. The number of hydrogen-bond acceptors (Lipinski definition) is 3. The maximum absolute atomic E-state index is 11.9. The van der Waals surface area contributed by atoms with Crippen LogP contribution in [-0.2, 0) is 17.9 Å². The van der Waals surface area contributed by atoms with Crippen LogP contribution in [-0.4, -0.2) is 27.0 Å². The van der Waals surface area contributed by atoms with E-state index in [0.717, 1.165) is 18.7 Å². The second-order valence-corrected chi connectivity index (χ2v) is 5.86. The minimum absolute atomic E-state index is 0.0209. The number of hydrogen-bond donors (Lipinski definition) is 2. The van der Waals surface area contributed by atoms with Gasteiger partial charge in [0, 0.05) is 24.3 Å². The smallest absolute Gasteiger partial charge is 0.240 e. The number of rotatable bonds is 7.